The summed E-state index contributed by atoms with van der Waals surface area (Å²) in [5.41, 5.74) is -0.266. The second kappa shape index (κ2) is 8.39. The molecule has 6 nitrogen and oxygen atoms in total. The van der Waals surface area contributed by atoms with Crippen molar-refractivity contribution in [2.45, 2.75) is 16.1 Å². The first-order chi connectivity index (χ1) is 13.8. The summed E-state index contributed by atoms with van der Waals surface area (Å²) < 4.78 is 45.3. The van der Waals surface area contributed by atoms with E-state index in [2.05, 4.69) is 10.3 Å². The van der Waals surface area contributed by atoms with Crippen LogP contribution < -0.4 is 0 Å². The fourth-order valence-electron chi connectivity index (χ4n) is 2.53. The van der Waals surface area contributed by atoms with E-state index in [9.17, 15) is 18.0 Å². The number of para-hydroxylation sites is 1. The van der Waals surface area contributed by atoms with Gasteiger partial charge in [-0.2, -0.15) is 18.3 Å². The van der Waals surface area contributed by atoms with Crippen molar-refractivity contribution in [3.63, 3.8) is 0 Å². The average Bonchev–Trinajstić information content (AvgIpc) is 3.06. The van der Waals surface area contributed by atoms with Crippen LogP contribution in [0, 0.1) is 0 Å². The highest BCUT2D eigenvalue weighted by molar-refractivity contribution is 7.99. The first kappa shape index (κ1) is 20.5. The third-order valence-corrected chi connectivity index (χ3v) is 4.90. The van der Waals surface area contributed by atoms with E-state index in [0.717, 1.165) is 30.1 Å². The molecule has 0 aliphatic carbocycles. The zero-order valence-electron chi connectivity index (χ0n) is 14.9. The molecule has 0 aliphatic heterocycles. The number of methoxy groups -OCH3 is 1. The zero-order chi connectivity index (χ0) is 21.0. The van der Waals surface area contributed by atoms with E-state index in [-0.39, 0.29) is 21.2 Å². The molecule has 0 aliphatic rings. The summed E-state index contributed by atoms with van der Waals surface area (Å²) in [5.74, 6) is -0.777. The van der Waals surface area contributed by atoms with Crippen LogP contribution in [0.4, 0.5) is 13.2 Å². The maximum Gasteiger partial charge on any atom is 0.416 e. The lowest BCUT2D eigenvalue weighted by Gasteiger charge is -2.10. The highest BCUT2D eigenvalue weighted by Crippen LogP contribution is 2.37. The van der Waals surface area contributed by atoms with Gasteiger partial charge >= 0.3 is 12.1 Å². The van der Waals surface area contributed by atoms with Crippen LogP contribution in [0.5, 0.6) is 0 Å². The topological polar surface area (TPSA) is 76.7 Å². The number of nitrogens with zero attached hydrogens (tertiary/aromatic N) is 3. The minimum Gasteiger partial charge on any atom is -0.464 e. The highest BCUT2D eigenvalue weighted by atomic mass is 32.2. The monoisotopic (exact) mass is 421 g/mol. The van der Waals surface area contributed by atoms with Crippen LogP contribution in [0.2, 0.25) is 0 Å². The van der Waals surface area contributed by atoms with Crippen LogP contribution in [-0.4, -0.2) is 34.3 Å². The van der Waals surface area contributed by atoms with E-state index >= 15 is 0 Å². The SMILES string of the molecule is COC(=O)c1nn(-c2ccccc2)c(Sc2cccc(C(F)(F)F)c2)c1C=NO. The van der Waals surface area contributed by atoms with Crippen LogP contribution in [0.15, 0.2) is 69.7 Å². The van der Waals surface area contributed by atoms with Gasteiger partial charge in [-0.3, -0.25) is 0 Å². The number of hydrogen-bond donors (Lipinski definition) is 1. The molecule has 0 fully saturated rings. The molecule has 2 aromatic carbocycles. The molecule has 0 amide bonds. The Morgan fingerprint density at radius 3 is 2.55 bits per heavy atom. The minimum atomic E-state index is -4.50. The van der Waals surface area contributed by atoms with Crippen LogP contribution >= 0.6 is 11.8 Å². The van der Waals surface area contributed by atoms with Crippen molar-refractivity contribution < 1.29 is 27.9 Å². The number of halogens is 3. The summed E-state index contributed by atoms with van der Waals surface area (Å²) in [7, 11) is 1.17. The fraction of sp³-hybridized carbons (Fsp3) is 0.105. The van der Waals surface area contributed by atoms with Crippen molar-refractivity contribution in [2.24, 2.45) is 5.16 Å². The van der Waals surface area contributed by atoms with E-state index < -0.39 is 17.7 Å². The standard InChI is InChI=1S/C19H14F3N3O3S/c1-28-18(26)16-15(11-23-27)17(25(24-16)13-7-3-2-4-8-13)29-14-9-5-6-12(10-14)19(20,21)22/h2-11,27H,1H3. The lowest BCUT2D eigenvalue weighted by Crippen LogP contribution is -2.06. The van der Waals surface area contributed by atoms with Crippen molar-refractivity contribution in [1.29, 1.82) is 0 Å². The molecule has 29 heavy (non-hydrogen) atoms. The number of rotatable bonds is 5. The molecular weight excluding hydrogens is 407 g/mol. The van der Waals surface area contributed by atoms with E-state index in [1.165, 1.54) is 23.9 Å². The number of aromatic nitrogens is 2. The Morgan fingerprint density at radius 2 is 1.93 bits per heavy atom. The molecule has 1 heterocycles. The molecule has 10 heteroatoms. The number of benzene rings is 2. The molecule has 150 valence electrons. The third kappa shape index (κ3) is 4.43. The molecule has 0 atom stereocenters. The predicted octanol–water partition coefficient (Wildman–Crippen LogP) is 4.64. The zero-order valence-corrected chi connectivity index (χ0v) is 15.7. The summed E-state index contributed by atoms with van der Waals surface area (Å²) in [6.07, 6.45) is -3.50. The second-order valence-electron chi connectivity index (χ2n) is 5.68. The number of ether oxygens (including phenoxy) is 1. The number of carbonyl (C=O) groups excluding carboxylic acids is 1. The molecule has 1 aromatic heterocycles. The lowest BCUT2D eigenvalue weighted by atomic mass is 10.2. The molecule has 0 saturated heterocycles. The number of esters is 1. The fourth-order valence-corrected chi connectivity index (χ4v) is 3.57. The lowest BCUT2D eigenvalue weighted by molar-refractivity contribution is -0.137. The van der Waals surface area contributed by atoms with Gasteiger partial charge in [0, 0.05) is 4.90 Å². The Labute approximate surface area is 167 Å². The summed E-state index contributed by atoms with van der Waals surface area (Å²) in [4.78, 5) is 12.4. The van der Waals surface area contributed by atoms with Gasteiger partial charge in [0.05, 0.1) is 30.1 Å². The Balaban J connectivity index is 2.18. The van der Waals surface area contributed by atoms with Crippen molar-refractivity contribution in [3.05, 3.63) is 71.4 Å². The first-order valence-corrected chi connectivity index (χ1v) is 8.96. The smallest absolute Gasteiger partial charge is 0.416 e. The van der Waals surface area contributed by atoms with Crippen molar-refractivity contribution in [2.75, 3.05) is 7.11 Å². The van der Waals surface area contributed by atoms with Gasteiger partial charge in [0.2, 0.25) is 0 Å². The summed E-state index contributed by atoms with van der Waals surface area (Å²) >= 11 is 0.945. The number of hydrogen-bond acceptors (Lipinski definition) is 6. The van der Waals surface area contributed by atoms with Gasteiger partial charge in [-0.15, -0.1) is 0 Å². The molecule has 1 N–H and O–H groups in total. The van der Waals surface area contributed by atoms with Gasteiger partial charge in [-0.25, -0.2) is 9.48 Å². The quantitative estimate of drug-likeness (QED) is 0.281. The van der Waals surface area contributed by atoms with Crippen LogP contribution in [-0.2, 0) is 10.9 Å². The van der Waals surface area contributed by atoms with E-state index in [0.29, 0.717) is 5.69 Å². The van der Waals surface area contributed by atoms with Crippen molar-refractivity contribution in [1.82, 2.24) is 9.78 Å². The summed E-state index contributed by atoms with van der Waals surface area (Å²) in [6.45, 7) is 0. The van der Waals surface area contributed by atoms with Crippen molar-refractivity contribution >= 4 is 23.9 Å². The summed E-state index contributed by atoms with van der Waals surface area (Å²) in [5, 5.41) is 16.5. The van der Waals surface area contributed by atoms with Gasteiger partial charge in [0.15, 0.2) is 5.69 Å². The molecule has 0 radical (unpaired) electrons. The predicted molar refractivity (Wildman–Crippen MR) is 99.9 cm³/mol. The maximum absolute atomic E-state index is 13.1. The van der Waals surface area contributed by atoms with Crippen LogP contribution in [0.3, 0.4) is 0 Å². The molecule has 3 aromatic rings. The third-order valence-electron chi connectivity index (χ3n) is 3.82. The van der Waals surface area contributed by atoms with Gasteiger partial charge < -0.3 is 9.94 Å². The van der Waals surface area contributed by atoms with E-state index in [1.54, 1.807) is 30.3 Å². The molecular formula is C19H14F3N3O3S. The Hall–Kier alpha value is -3.27. The molecule has 0 unspecified atom stereocenters. The van der Waals surface area contributed by atoms with Gasteiger partial charge in [-0.05, 0) is 30.3 Å². The Morgan fingerprint density at radius 1 is 1.21 bits per heavy atom. The second-order valence-corrected chi connectivity index (χ2v) is 6.74. The highest BCUT2D eigenvalue weighted by Gasteiger charge is 2.31. The largest absolute Gasteiger partial charge is 0.464 e. The van der Waals surface area contributed by atoms with Crippen LogP contribution in [0.1, 0.15) is 21.6 Å². The van der Waals surface area contributed by atoms with Gasteiger partial charge in [0.25, 0.3) is 0 Å². The molecule has 0 bridgehead atoms. The van der Waals surface area contributed by atoms with E-state index in [1.807, 2.05) is 0 Å². The summed E-state index contributed by atoms with van der Waals surface area (Å²) in [6, 6.07) is 13.4. The Bertz CT molecular complexity index is 1050. The van der Waals surface area contributed by atoms with E-state index in [4.69, 9.17) is 9.94 Å². The minimum absolute atomic E-state index is 0.116. The molecule has 3 rings (SSSR count). The number of carbonyl (C=O) groups is 1. The van der Waals surface area contributed by atoms with Crippen LogP contribution in [0.25, 0.3) is 5.69 Å². The average molecular weight is 421 g/mol. The maximum atomic E-state index is 13.1. The number of alkyl halides is 3. The molecule has 0 saturated carbocycles. The Kier molecular flexibility index (Phi) is 5.92. The first-order valence-electron chi connectivity index (χ1n) is 8.14. The van der Waals surface area contributed by atoms with Gasteiger partial charge in [-0.1, -0.05) is 41.2 Å². The van der Waals surface area contributed by atoms with Gasteiger partial charge in [0.1, 0.15) is 5.03 Å². The number of oxime groups is 1. The normalized spacial score (nSPS) is 11.7. The van der Waals surface area contributed by atoms with Crippen molar-refractivity contribution in [3.8, 4) is 5.69 Å². The molecule has 0 spiro atoms.